The lowest BCUT2D eigenvalue weighted by molar-refractivity contribution is -0.0286. The Morgan fingerprint density at radius 2 is 0.818 bits per heavy atom. The van der Waals surface area contributed by atoms with Gasteiger partial charge in [0.2, 0.25) is 0 Å². The molecule has 0 saturated carbocycles. The van der Waals surface area contributed by atoms with Crippen molar-refractivity contribution in [1.82, 2.24) is 5.32 Å². The molecule has 1 N–H and O–H groups in total. The standard InChI is InChI=1S/C41H65NO13/c1-35(2)54-33-32-53-31-30-52-29-28-51-27-26-50-25-24-49-23-22-48-21-20-47-19-18-46-17-16-45-15-14-44-13-7-12-42-41(43)55-34-40-38-10-5-3-8-36(38)37-9-4-6-11-39(37)40/h3-6,8-11,35,40H,7,12-34H2,1-2H3,(H,42,43). The number of nitrogens with one attached hydrogen (secondary N) is 1. The van der Waals surface area contributed by atoms with Gasteiger partial charge in [0.05, 0.1) is 138 Å². The number of hydrogen-bond acceptors (Lipinski definition) is 13. The van der Waals surface area contributed by atoms with Crippen molar-refractivity contribution in [3.05, 3.63) is 59.7 Å². The largest absolute Gasteiger partial charge is 0.449 e. The summed E-state index contributed by atoms with van der Waals surface area (Å²) >= 11 is 0. The second-order valence-electron chi connectivity index (χ2n) is 12.6. The highest BCUT2D eigenvalue weighted by atomic mass is 16.6. The highest BCUT2D eigenvalue weighted by Gasteiger charge is 2.28. The highest BCUT2D eigenvalue weighted by Crippen LogP contribution is 2.44. The molecule has 1 amide bonds. The van der Waals surface area contributed by atoms with Gasteiger partial charge in [0.1, 0.15) is 6.61 Å². The van der Waals surface area contributed by atoms with E-state index in [1.54, 1.807) is 0 Å². The minimum Gasteiger partial charge on any atom is -0.449 e. The van der Waals surface area contributed by atoms with E-state index in [1.807, 2.05) is 38.1 Å². The fourth-order valence-corrected chi connectivity index (χ4v) is 5.44. The summed E-state index contributed by atoms with van der Waals surface area (Å²) in [4.78, 5) is 12.3. The van der Waals surface area contributed by atoms with Crippen LogP contribution >= 0.6 is 0 Å². The van der Waals surface area contributed by atoms with Crippen LogP contribution in [0.2, 0.25) is 0 Å². The average Bonchev–Trinajstić information content (AvgIpc) is 3.51. The molecule has 0 bridgehead atoms. The van der Waals surface area contributed by atoms with Crippen LogP contribution in [0.15, 0.2) is 48.5 Å². The first-order valence-electron chi connectivity index (χ1n) is 19.6. The molecule has 0 radical (unpaired) electrons. The number of carbonyl (C=O) groups is 1. The maximum Gasteiger partial charge on any atom is 0.407 e. The Bertz CT molecular complexity index is 1170. The molecule has 14 heteroatoms. The van der Waals surface area contributed by atoms with Crippen LogP contribution in [0.25, 0.3) is 11.1 Å². The van der Waals surface area contributed by atoms with Gasteiger partial charge in [-0.05, 0) is 42.5 Å². The predicted octanol–water partition coefficient (Wildman–Crippen LogP) is 4.51. The van der Waals surface area contributed by atoms with Crippen LogP contribution in [0.3, 0.4) is 0 Å². The Kier molecular flexibility index (Phi) is 27.5. The van der Waals surface area contributed by atoms with Crippen molar-refractivity contribution in [1.29, 1.82) is 0 Å². The molecule has 55 heavy (non-hydrogen) atoms. The van der Waals surface area contributed by atoms with E-state index in [0.717, 1.165) is 0 Å². The lowest BCUT2D eigenvalue weighted by Crippen LogP contribution is -2.27. The molecule has 3 rings (SSSR count). The zero-order chi connectivity index (χ0) is 38.9. The summed E-state index contributed by atoms with van der Waals surface area (Å²) in [6.45, 7) is 15.6. The third-order valence-electron chi connectivity index (χ3n) is 8.11. The minimum atomic E-state index is -0.415. The van der Waals surface area contributed by atoms with Gasteiger partial charge in [0, 0.05) is 19.1 Å². The van der Waals surface area contributed by atoms with Crippen molar-refractivity contribution in [2.75, 3.05) is 152 Å². The third-order valence-corrected chi connectivity index (χ3v) is 8.11. The molecule has 0 unspecified atom stereocenters. The summed E-state index contributed by atoms with van der Waals surface area (Å²) in [5, 5.41) is 2.81. The van der Waals surface area contributed by atoms with Crippen molar-refractivity contribution in [2.45, 2.75) is 32.3 Å². The molecule has 2 aromatic rings. The monoisotopic (exact) mass is 779 g/mol. The summed E-state index contributed by atoms with van der Waals surface area (Å²) in [6, 6.07) is 16.6. The molecule has 1 aliphatic rings. The van der Waals surface area contributed by atoms with Gasteiger partial charge in [-0.1, -0.05) is 48.5 Å². The van der Waals surface area contributed by atoms with E-state index in [0.29, 0.717) is 158 Å². The predicted molar refractivity (Wildman–Crippen MR) is 207 cm³/mol. The zero-order valence-electron chi connectivity index (χ0n) is 33.1. The van der Waals surface area contributed by atoms with Crippen LogP contribution in [0.4, 0.5) is 4.79 Å². The molecule has 0 aliphatic heterocycles. The van der Waals surface area contributed by atoms with Crippen molar-refractivity contribution >= 4 is 6.09 Å². The fraction of sp³-hybridized carbons (Fsp3) is 0.683. The van der Waals surface area contributed by atoms with Crippen LogP contribution in [-0.4, -0.2) is 164 Å². The van der Waals surface area contributed by atoms with E-state index in [1.165, 1.54) is 22.3 Å². The van der Waals surface area contributed by atoms with Gasteiger partial charge in [-0.3, -0.25) is 0 Å². The quantitative estimate of drug-likeness (QED) is 0.0964. The van der Waals surface area contributed by atoms with Gasteiger partial charge in [-0.15, -0.1) is 0 Å². The topological polar surface area (TPSA) is 140 Å². The Hall–Kier alpha value is -2.73. The smallest absolute Gasteiger partial charge is 0.407 e. The number of ether oxygens (including phenoxy) is 12. The number of carbonyl (C=O) groups excluding carboxylic acids is 1. The molecular formula is C41H65NO13. The Morgan fingerprint density at radius 1 is 0.491 bits per heavy atom. The number of amides is 1. The maximum absolute atomic E-state index is 12.3. The second kappa shape index (κ2) is 32.4. The summed E-state index contributed by atoms with van der Waals surface area (Å²) in [5.74, 6) is 0.0498. The van der Waals surface area contributed by atoms with E-state index >= 15 is 0 Å². The molecule has 14 nitrogen and oxygen atoms in total. The summed E-state index contributed by atoms with van der Waals surface area (Å²) in [6.07, 6.45) is 0.496. The first kappa shape index (κ1) is 46.7. The van der Waals surface area contributed by atoms with Gasteiger partial charge in [0.15, 0.2) is 0 Å². The Labute approximate surface area is 327 Å². The van der Waals surface area contributed by atoms with Gasteiger partial charge in [0.25, 0.3) is 0 Å². The zero-order valence-corrected chi connectivity index (χ0v) is 33.1. The number of benzene rings is 2. The van der Waals surface area contributed by atoms with Crippen LogP contribution in [0, 0.1) is 0 Å². The van der Waals surface area contributed by atoms with Crippen LogP contribution < -0.4 is 5.32 Å². The second-order valence-corrected chi connectivity index (χ2v) is 12.6. The van der Waals surface area contributed by atoms with Crippen molar-refractivity contribution in [3.8, 4) is 11.1 Å². The lowest BCUT2D eigenvalue weighted by Gasteiger charge is -2.14. The Morgan fingerprint density at radius 3 is 1.18 bits per heavy atom. The molecule has 0 heterocycles. The molecule has 0 spiro atoms. The summed E-state index contributed by atoms with van der Waals surface area (Å²) in [5.41, 5.74) is 4.81. The van der Waals surface area contributed by atoms with E-state index < -0.39 is 6.09 Å². The van der Waals surface area contributed by atoms with Crippen LogP contribution in [-0.2, 0) is 56.8 Å². The molecule has 0 fully saturated rings. The van der Waals surface area contributed by atoms with Crippen molar-refractivity contribution in [3.63, 3.8) is 0 Å². The number of hydrogen-bond donors (Lipinski definition) is 1. The van der Waals surface area contributed by atoms with E-state index in [9.17, 15) is 4.79 Å². The third kappa shape index (κ3) is 22.6. The maximum atomic E-state index is 12.3. The highest BCUT2D eigenvalue weighted by molar-refractivity contribution is 5.79. The van der Waals surface area contributed by atoms with E-state index in [-0.39, 0.29) is 12.0 Å². The van der Waals surface area contributed by atoms with Crippen LogP contribution in [0.1, 0.15) is 37.3 Å². The molecule has 0 atom stereocenters. The van der Waals surface area contributed by atoms with Gasteiger partial charge >= 0.3 is 6.09 Å². The van der Waals surface area contributed by atoms with E-state index in [4.69, 9.17) is 56.8 Å². The Balaban J connectivity index is 0.943. The number of fused-ring (bicyclic) bond motifs is 3. The molecule has 2 aromatic carbocycles. The van der Waals surface area contributed by atoms with Crippen LogP contribution in [0.5, 0.6) is 0 Å². The van der Waals surface area contributed by atoms with Crippen molar-refractivity contribution < 1.29 is 61.6 Å². The first-order valence-corrected chi connectivity index (χ1v) is 19.6. The van der Waals surface area contributed by atoms with E-state index in [2.05, 4.69) is 29.6 Å². The molecule has 1 aliphatic carbocycles. The SMILES string of the molecule is CC(C)OCCOCCOCCOCCOCCOCCOCCOCCOCCOCCOCCCNC(=O)OCC1c2ccccc2-c2ccccc21. The molecular weight excluding hydrogens is 714 g/mol. The lowest BCUT2D eigenvalue weighted by atomic mass is 9.98. The van der Waals surface area contributed by atoms with Crippen molar-refractivity contribution in [2.24, 2.45) is 0 Å². The number of alkyl carbamates (subject to hydrolysis) is 1. The van der Waals surface area contributed by atoms with Gasteiger partial charge in [-0.2, -0.15) is 0 Å². The average molecular weight is 780 g/mol. The van der Waals surface area contributed by atoms with Gasteiger partial charge < -0.3 is 62.2 Å². The molecule has 0 aromatic heterocycles. The fourth-order valence-electron chi connectivity index (χ4n) is 5.44. The number of rotatable bonds is 37. The molecule has 0 saturated heterocycles. The first-order chi connectivity index (χ1) is 27.2. The molecule has 312 valence electrons. The normalized spacial score (nSPS) is 12.3. The van der Waals surface area contributed by atoms with Gasteiger partial charge in [-0.25, -0.2) is 4.79 Å². The summed E-state index contributed by atoms with van der Waals surface area (Å²) < 4.78 is 65.9. The minimum absolute atomic E-state index is 0.0498. The summed E-state index contributed by atoms with van der Waals surface area (Å²) in [7, 11) is 0.